The molecule has 1 fully saturated rings. The van der Waals surface area contributed by atoms with Crippen molar-refractivity contribution in [1.29, 1.82) is 0 Å². The highest BCUT2D eigenvalue weighted by atomic mass is 16.5. The molecule has 5 nitrogen and oxygen atoms in total. The van der Waals surface area contributed by atoms with E-state index in [4.69, 9.17) is 10.5 Å². The molecule has 3 N–H and O–H groups in total. The van der Waals surface area contributed by atoms with Gasteiger partial charge >= 0.3 is 0 Å². The van der Waals surface area contributed by atoms with Crippen molar-refractivity contribution in [2.75, 3.05) is 20.2 Å². The summed E-state index contributed by atoms with van der Waals surface area (Å²) in [5.74, 6) is -0.00691. The molecule has 1 amide bonds. The lowest BCUT2D eigenvalue weighted by Crippen LogP contribution is -2.68. The van der Waals surface area contributed by atoms with E-state index in [1.165, 1.54) is 7.11 Å². The van der Waals surface area contributed by atoms with Gasteiger partial charge in [-0.25, -0.2) is 0 Å². The number of nitrogens with zero attached hydrogens (tertiary/aromatic N) is 1. The van der Waals surface area contributed by atoms with E-state index in [2.05, 4.69) is 6.92 Å². The van der Waals surface area contributed by atoms with Crippen LogP contribution in [0.25, 0.3) is 0 Å². The Kier molecular flexibility index (Phi) is 3.66. The number of benzene rings is 1. The number of hydrogen-bond acceptors (Lipinski definition) is 4. The maximum Gasteiger partial charge on any atom is 0.257 e. The first-order chi connectivity index (χ1) is 9.00. The minimum absolute atomic E-state index is 0.111. The Bertz CT molecular complexity index is 482. The van der Waals surface area contributed by atoms with E-state index in [1.54, 1.807) is 23.1 Å². The molecule has 0 atom stereocenters. The molecule has 104 valence electrons. The van der Waals surface area contributed by atoms with Crippen LogP contribution in [-0.4, -0.2) is 41.7 Å². The van der Waals surface area contributed by atoms with E-state index in [0.717, 1.165) is 12.8 Å². The number of rotatable bonds is 4. The summed E-state index contributed by atoms with van der Waals surface area (Å²) in [5.41, 5.74) is 6.13. The molecule has 1 aliphatic heterocycles. The Morgan fingerprint density at radius 3 is 2.79 bits per heavy atom. The maximum atomic E-state index is 12.3. The number of ether oxygens (including phenoxy) is 1. The van der Waals surface area contributed by atoms with E-state index in [1.807, 2.05) is 0 Å². The van der Waals surface area contributed by atoms with Crippen molar-refractivity contribution < 1.29 is 14.6 Å². The second kappa shape index (κ2) is 5.09. The van der Waals surface area contributed by atoms with E-state index in [-0.39, 0.29) is 22.8 Å². The van der Waals surface area contributed by atoms with Crippen molar-refractivity contribution in [3.8, 4) is 11.5 Å². The summed E-state index contributed by atoms with van der Waals surface area (Å²) in [4.78, 5) is 13.9. The number of carbonyl (C=O) groups is 1. The molecule has 1 aliphatic rings. The minimum Gasteiger partial charge on any atom is -0.504 e. The molecule has 0 aliphatic carbocycles. The third kappa shape index (κ3) is 2.51. The van der Waals surface area contributed by atoms with Crippen LogP contribution in [0.3, 0.4) is 0 Å². The number of carbonyl (C=O) groups excluding carboxylic acids is 1. The lowest BCUT2D eigenvalue weighted by Gasteiger charge is -2.47. The molecule has 5 heteroatoms. The van der Waals surface area contributed by atoms with Crippen molar-refractivity contribution in [2.45, 2.75) is 25.3 Å². The first-order valence-corrected chi connectivity index (χ1v) is 6.45. The number of aromatic hydroxyl groups is 1. The van der Waals surface area contributed by atoms with Gasteiger partial charge < -0.3 is 20.5 Å². The van der Waals surface area contributed by atoms with Crippen LogP contribution in [0.2, 0.25) is 0 Å². The van der Waals surface area contributed by atoms with Gasteiger partial charge in [0.05, 0.1) is 18.2 Å². The Morgan fingerprint density at radius 2 is 2.21 bits per heavy atom. The van der Waals surface area contributed by atoms with Crippen LogP contribution in [0.4, 0.5) is 0 Å². The summed E-state index contributed by atoms with van der Waals surface area (Å²) in [6.45, 7) is 3.15. The number of hydrogen-bond donors (Lipinski definition) is 2. The summed E-state index contributed by atoms with van der Waals surface area (Å²) in [6.07, 6.45) is 1.91. The van der Waals surface area contributed by atoms with Gasteiger partial charge in [0.2, 0.25) is 0 Å². The van der Waals surface area contributed by atoms with Gasteiger partial charge in [-0.2, -0.15) is 0 Å². The topological polar surface area (TPSA) is 75.8 Å². The molecule has 0 radical (unpaired) electrons. The number of phenols is 1. The maximum absolute atomic E-state index is 12.3. The minimum atomic E-state index is -0.265. The number of phenolic OH excluding ortho intramolecular Hbond substituents is 1. The van der Waals surface area contributed by atoms with Crippen LogP contribution < -0.4 is 10.5 Å². The van der Waals surface area contributed by atoms with Crippen LogP contribution in [0.5, 0.6) is 11.5 Å². The Balaban J connectivity index is 2.10. The van der Waals surface area contributed by atoms with E-state index in [9.17, 15) is 9.90 Å². The summed E-state index contributed by atoms with van der Waals surface area (Å²) in [7, 11) is 1.46. The summed E-state index contributed by atoms with van der Waals surface area (Å²) < 4.78 is 5.00. The summed E-state index contributed by atoms with van der Waals surface area (Å²) in [5, 5.41) is 9.96. The van der Waals surface area contributed by atoms with Gasteiger partial charge in [-0.1, -0.05) is 19.4 Å². The fraction of sp³-hybridized carbons (Fsp3) is 0.500. The number of methoxy groups -OCH3 is 1. The zero-order valence-electron chi connectivity index (χ0n) is 11.3. The van der Waals surface area contributed by atoms with Gasteiger partial charge in [0, 0.05) is 13.1 Å². The highest BCUT2D eigenvalue weighted by molar-refractivity contribution is 5.98. The summed E-state index contributed by atoms with van der Waals surface area (Å²) >= 11 is 0. The number of amides is 1. The molecule has 0 unspecified atom stereocenters. The number of likely N-dealkylation sites (tertiary alicyclic amines) is 1. The Morgan fingerprint density at radius 1 is 1.53 bits per heavy atom. The van der Waals surface area contributed by atoms with Crippen molar-refractivity contribution in [3.63, 3.8) is 0 Å². The monoisotopic (exact) mass is 264 g/mol. The molecule has 0 bridgehead atoms. The molecular formula is C14H20N2O3. The zero-order chi connectivity index (χ0) is 14.0. The predicted octanol–water partition coefficient (Wildman–Crippen LogP) is 1.35. The highest BCUT2D eigenvalue weighted by Crippen LogP contribution is 2.32. The number of para-hydroxylation sites is 1. The van der Waals surface area contributed by atoms with Crippen LogP contribution in [0.1, 0.15) is 30.1 Å². The normalized spacial score (nSPS) is 16.9. The van der Waals surface area contributed by atoms with Crippen LogP contribution in [0.15, 0.2) is 18.2 Å². The van der Waals surface area contributed by atoms with E-state index in [0.29, 0.717) is 18.8 Å². The van der Waals surface area contributed by atoms with Crippen LogP contribution in [-0.2, 0) is 0 Å². The smallest absolute Gasteiger partial charge is 0.257 e. The molecule has 19 heavy (non-hydrogen) atoms. The first kappa shape index (κ1) is 13.7. The molecular weight excluding hydrogens is 244 g/mol. The lowest BCUT2D eigenvalue weighted by molar-refractivity contribution is 0.0383. The van der Waals surface area contributed by atoms with Gasteiger partial charge in [-0.05, 0) is 18.6 Å². The second-order valence-corrected chi connectivity index (χ2v) is 5.13. The third-order valence-electron chi connectivity index (χ3n) is 3.50. The highest BCUT2D eigenvalue weighted by Gasteiger charge is 2.41. The second-order valence-electron chi connectivity index (χ2n) is 5.13. The molecule has 1 aromatic rings. The molecule has 0 aromatic heterocycles. The quantitative estimate of drug-likeness (QED) is 0.860. The average Bonchev–Trinajstić information content (AvgIpc) is 2.35. The molecule has 0 saturated carbocycles. The molecule has 1 heterocycles. The van der Waals surface area contributed by atoms with Crippen molar-refractivity contribution in [2.24, 2.45) is 5.73 Å². The Labute approximate surface area is 113 Å². The van der Waals surface area contributed by atoms with Gasteiger partial charge in [-0.15, -0.1) is 0 Å². The van der Waals surface area contributed by atoms with Gasteiger partial charge in [0.15, 0.2) is 11.5 Å². The fourth-order valence-corrected chi connectivity index (χ4v) is 2.54. The zero-order valence-corrected chi connectivity index (χ0v) is 11.3. The van der Waals surface area contributed by atoms with Crippen LogP contribution in [0, 0.1) is 0 Å². The van der Waals surface area contributed by atoms with Crippen molar-refractivity contribution in [1.82, 2.24) is 4.90 Å². The van der Waals surface area contributed by atoms with E-state index < -0.39 is 0 Å². The Hall–Kier alpha value is -1.75. The summed E-state index contributed by atoms with van der Waals surface area (Å²) in [6, 6.07) is 4.90. The standard InChI is InChI=1S/C14H20N2O3/c1-3-7-14(15)8-16(9-14)13(18)10-5-4-6-11(19-2)12(10)17/h4-6,17H,3,7-9,15H2,1-2H3. The molecule has 1 aromatic carbocycles. The van der Waals surface area contributed by atoms with Crippen molar-refractivity contribution in [3.05, 3.63) is 23.8 Å². The van der Waals surface area contributed by atoms with Crippen molar-refractivity contribution >= 4 is 5.91 Å². The van der Waals surface area contributed by atoms with Gasteiger partial charge in [0.1, 0.15) is 0 Å². The first-order valence-electron chi connectivity index (χ1n) is 6.45. The molecule has 1 saturated heterocycles. The largest absolute Gasteiger partial charge is 0.504 e. The SMILES string of the molecule is CCCC1(N)CN(C(=O)c2cccc(OC)c2O)C1. The lowest BCUT2D eigenvalue weighted by atomic mass is 9.86. The number of nitrogens with two attached hydrogens (primary N) is 1. The van der Waals surface area contributed by atoms with E-state index >= 15 is 0 Å². The van der Waals surface area contributed by atoms with Gasteiger partial charge in [0.25, 0.3) is 5.91 Å². The molecule has 0 spiro atoms. The fourth-order valence-electron chi connectivity index (χ4n) is 2.54. The predicted molar refractivity (Wildman–Crippen MR) is 72.4 cm³/mol. The average molecular weight is 264 g/mol. The molecule has 2 rings (SSSR count). The van der Waals surface area contributed by atoms with Crippen LogP contribution >= 0.6 is 0 Å². The third-order valence-corrected chi connectivity index (χ3v) is 3.50. The van der Waals surface area contributed by atoms with Gasteiger partial charge in [-0.3, -0.25) is 4.79 Å².